The molecule has 0 aliphatic rings. The van der Waals surface area contributed by atoms with Crippen LogP contribution in [0.5, 0.6) is 0 Å². The summed E-state index contributed by atoms with van der Waals surface area (Å²) in [5.74, 6) is -1.46. The zero-order chi connectivity index (χ0) is 13.0. The molecule has 0 aromatic rings. The minimum atomic E-state index is -1.46. The van der Waals surface area contributed by atoms with Crippen LogP contribution in [-0.4, -0.2) is 16.0 Å². The van der Waals surface area contributed by atoms with Crippen LogP contribution in [0, 0.1) is 0 Å². The summed E-state index contributed by atoms with van der Waals surface area (Å²) in [5.41, 5.74) is 0. The molecule has 17 heavy (non-hydrogen) atoms. The van der Waals surface area contributed by atoms with Crippen molar-refractivity contribution in [2.75, 3.05) is 0 Å². The second kappa shape index (κ2) is 10.8. The number of rotatable bonds is 11. The van der Waals surface area contributed by atoms with Gasteiger partial charge in [-0.1, -0.05) is 51.7 Å². The van der Waals surface area contributed by atoms with Gasteiger partial charge < -0.3 is 10.2 Å². The third kappa shape index (κ3) is 11.9. The summed E-state index contributed by atoms with van der Waals surface area (Å²) in [6, 6.07) is 0. The van der Waals surface area contributed by atoms with Crippen molar-refractivity contribution in [2.45, 2.75) is 83.8 Å². The molecule has 102 valence electrons. The molecule has 0 heterocycles. The molecule has 0 spiro atoms. The van der Waals surface area contributed by atoms with Gasteiger partial charge in [0.05, 0.1) is 0 Å². The molecule has 2 N–H and O–H groups in total. The maximum Gasteiger partial charge on any atom is 0.162 e. The zero-order valence-corrected chi connectivity index (χ0v) is 11.6. The van der Waals surface area contributed by atoms with Crippen molar-refractivity contribution in [2.24, 2.45) is 0 Å². The minimum Gasteiger partial charge on any atom is -0.366 e. The van der Waals surface area contributed by atoms with Crippen molar-refractivity contribution in [1.29, 1.82) is 0 Å². The summed E-state index contributed by atoms with van der Waals surface area (Å²) >= 11 is 0. The van der Waals surface area contributed by atoms with Gasteiger partial charge in [0.1, 0.15) is 0 Å². The largest absolute Gasteiger partial charge is 0.366 e. The third-order valence-electron chi connectivity index (χ3n) is 3.03. The molecule has 0 fully saturated rings. The van der Waals surface area contributed by atoms with Crippen molar-refractivity contribution in [3.05, 3.63) is 12.2 Å². The van der Waals surface area contributed by atoms with Gasteiger partial charge >= 0.3 is 0 Å². The van der Waals surface area contributed by atoms with E-state index >= 15 is 0 Å². The van der Waals surface area contributed by atoms with Gasteiger partial charge in [0.15, 0.2) is 5.79 Å². The first kappa shape index (κ1) is 16.7. The standard InChI is InChI=1S/C15H30O2/c1-3-5-7-8-9-10-12-14-15(16,17)13-11-6-4-2/h9-10,16-17H,3-8,11-14H2,1-2H3. The number of allylic oxidation sites excluding steroid dienone is 2. The van der Waals surface area contributed by atoms with E-state index in [-0.39, 0.29) is 0 Å². The van der Waals surface area contributed by atoms with Crippen LogP contribution < -0.4 is 0 Å². The summed E-state index contributed by atoms with van der Waals surface area (Å²) in [6.45, 7) is 4.32. The maximum atomic E-state index is 9.70. The van der Waals surface area contributed by atoms with Gasteiger partial charge in [0.2, 0.25) is 0 Å². The zero-order valence-electron chi connectivity index (χ0n) is 11.6. The lowest BCUT2D eigenvalue weighted by atomic mass is 10.0. The Morgan fingerprint density at radius 1 is 0.765 bits per heavy atom. The first-order valence-electron chi connectivity index (χ1n) is 7.22. The molecule has 2 heteroatoms. The molecule has 0 aromatic carbocycles. The molecular weight excluding hydrogens is 212 g/mol. The maximum absolute atomic E-state index is 9.70. The van der Waals surface area contributed by atoms with Crippen LogP contribution in [0.1, 0.15) is 78.1 Å². The first-order valence-corrected chi connectivity index (χ1v) is 7.22. The lowest BCUT2D eigenvalue weighted by molar-refractivity contribution is -0.170. The highest BCUT2D eigenvalue weighted by atomic mass is 16.5. The molecule has 0 rings (SSSR count). The van der Waals surface area contributed by atoms with Crippen LogP contribution in [0.4, 0.5) is 0 Å². The molecule has 0 bridgehead atoms. The molecule has 0 aliphatic heterocycles. The Morgan fingerprint density at radius 3 is 2.00 bits per heavy atom. The van der Waals surface area contributed by atoms with Gasteiger partial charge in [-0.05, 0) is 25.7 Å². The molecular formula is C15H30O2. The van der Waals surface area contributed by atoms with Crippen molar-refractivity contribution in [3.8, 4) is 0 Å². The average molecular weight is 242 g/mol. The van der Waals surface area contributed by atoms with Crippen molar-refractivity contribution in [1.82, 2.24) is 0 Å². The summed E-state index contributed by atoms with van der Waals surface area (Å²) < 4.78 is 0. The van der Waals surface area contributed by atoms with E-state index in [1.54, 1.807) is 0 Å². The fraction of sp³-hybridized carbons (Fsp3) is 0.867. The second-order valence-corrected chi connectivity index (χ2v) is 4.95. The van der Waals surface area contributed by atoms with E-state index in [9.17, 15) is 10.2 Å². The number of aliphatic hydroxyl groups is 2. The summed E-state index contributed by atoms with van der Waals surface area (Å²) in [6.07, 6.45) is 14.0. The average Bonchev–Trinajstić information content (AvgIpc) is 2.28. The molecule has 2 nitrogen and oxygen atoms in total. The van der Waals surface area contributed by atoms with Crippen molar-refractivity contribution < 1.29 is 10.2 Å². The van der Waals surface area contributed by atoms with Crippen LogP contribution in [0.2, 0.25) is 0 Å². The van der Waals surface area contributed by atoms with E-state index in [1.807, 2.05) is 0 Å². The van der Waals surface area contributed by atoms with Gasteiger partial charge in [-0.2, -0.15) is 0 Å². The molecule has 0 unspecified atom stereocenters. The fourth-order valence-corrected chi connectivity index (χ4v) is 1.85. The van der Waals surface area contributed by atoms with Gasteiger partial charge in [-0.15, -0.1) is 0 Å². The van der Waals surface area contributed by atoms with E-state index in [2.05, 4.69) is 26.0 Å². The van der Waals surface area contributed by atoms with Crippen LogP contribution in [0.25, 0.3) is 0 Å². The Kier molecular flexibility index (Phi) is 10.6. The Labute approximate surface area is 107 Å². The topological polar surface area (TPSA) is 40.5 Å². The van der Waals surface area contributed by atoms with Gasteiger partial charge in [0, 0.05) is 12.8 Å². The summed E-state index contributed by atoms with van der Waals surface area (Å²) in [7, 11) is 0. The SMILES string of the molecule is CCCCCC=CCCC(O)(O)CCCCC. The smallest absolute Gasteiger partial charge is 0.162 e. The lowest BCUT2D eigenvalue weighted by Crippen LogP contribution is -2.27. The normalized spacial score (nSPS) is 12.5. The number of hydrogen-bond acceptors (Lipinski definition) is 2. The fourth-order valence-electron chi connectivity index (χ4n) is 1.85. The van der Waals surface area contributed by atoms with Crippen LogP contribution in [0.3, 0.4) is 0 Å². The first-order chi connectivity index (χ1) is 8.12. The molecule has 0 amide bonds. The summed E-state index contributed by atoms with van der Waals surface area (Å²) in [5, 5.41) is 19.4. The predicted octanol–water partition coefficient (Wildman–Crippen LogP) is 4.16. The van der Waals surface area contributed by atoms with Gasteiger partial charge in [-0.3, -0.25) is 0 Å². The van der Waals surface area contributed by atoms with Crippen LogP contribution in [0.15, 0.2) is 12.2 Å². The molecule has 0 atom stereocenters. The third-order valence-corrected chi connectivity index (χ3v) is 3.03. The molecule has 0 saturated heterocycles. The minimum absolute atomic E-state index is 0.459. The number of hydrogen-bond donors (Lipinski definition) is 2. The van der Waals surface area contributed by atoms with Gasteiger partial charge in [0.25, 0.3) is 0 Å². The summed E-state index contributed by atoms with van der Waals surface area (Å²) in [4.78, 5) is 0. The van der Waals surface area contributed by atoms with Gasteiger partial charge in [-0.25, -0.2) is 0 Å². The van der Waals surface area contributed by atoms with E-state index in [0.29, 0.717) is 12.8 Å². The van der Waals surface area contributed by atoms with E-state index in [0.717, 1.165) is 32.1 Å². The van der Waals surface area contributed by atoms with Crippen LogP contribution >= 0.6 is 0 Å². The number of unbranched alkanes of at least 4 members (excludes halogenated alkanes) is 5. The second-order valence-electron chi connectivity index (χ2n) is 4.95. The predicted molar refractivity (Wildman–Crippen MR) is 73.8 cm³/mol. The van der Waals surface area contributed by atoms with Crippen LogP contribution in [-0.2, 0) is 0 Å². The Bertz CT molecular complexity index is 185. The highest BCUT2D eigenvalue weighted by Gasteiger charge is 2.20. The highest BCUT2D eigenvalue weighted by Crippen LogP contribution is 2.18. The van der Waals surface area contributed by atoms with Crippen molar-refractivity contribution >= 4 is 0 Å². The molecule has 0 saturated carbocycles. The molecule has 0 aliphatic carbocycles. The Hall–Kier alpha value is -0.340. The van der Waals surface area contributed by atoms with Crippen molar-refractivity contribution in [3.63, 3.8) is 0 Å². The quantitative estimate of drug-likeness (QED) is 0.324. The molecule has 0 radical (unpaired) electrons. The Morgan fingerprint density at radius 2 is 1.35 bits per heavy atom. The monoisotopic (exact) mass is 242 g/mol. The highest BCUT2D eigenvalue weighted by molar-refractivity contribution is 4.83. The van der Waals surface area contributed by atoms with E-state index in [1.165, 1.54) is 19.3 Å². The lowest BCUT2D eigenvalue weighted by Gasteiger charge is -2.20. The Balaban J connectivity index is 3.50. The van der Waals surface area contributed by atoms with E-state index in [4.69, 9.17) is 0 Å². The molecule has 0 aromatic heterocycles. The van der Waals surface area contributed by atoms with E-state index < -0.39 is 5.79 Å².